The molecule has 0 bridgehead atoms. The van der Waals surface area contributed by atoms with Gasteiger partial charge in [-0.3, -0.25) is 9.59 Å². The Kier molecular flexibility index (Phi) is 7.29. The quantitative estimate of drug-likeness (QED) is 0.678. The van der Waals surface area contributed by atoms with E-state index >= 15 is 0 Å². The van der Waals surface area contributed by atoms with Gasteiger partial charge in [-0.2, -0.15) is 0 Å². The van der Waals surface area contributed by atoms with Gasteiger partial charge in [0.2, 0.25) is 11.8 Å². The van der Waals surface area contributed by atoms with Crippen molar-refractivity contribution in [3.8, 4) is 0 Å². The average molecular weight is 369 g/mol. The van der Waals surface area contributed by atoms with Crippen LogP contribution < -0.4 is 16.0 Å². The average Bonchev–Trinajstić information content (AvgIpc) is 2.63. The lowest BCUT2D eigenvalue weighted by atomic mass is 10.1. The molecule has 0 fully saturated rings. The van der Waals surface area contributed by atoms with Gasteiger partial charge in [0.1, 0.15) is 0 Å². The van der Waals surface area contributed by atoms with E-state index in [0.29, 0.717) is 24.9 Å². The molecule has 2 rings (SSSR count). The van der Waals surface area contributed by atoms with Gasteiger partial charge in [0, 0.05) is 24.2 Å². The van der Waals surface area contributed by atoms with Gasteiger partial charge in [-0.15, -0.1) is 0 Å². The zero-order valence-corrected chi connectivity index (χ0v) is 15.8. The predicted octanol–water partition coefficient (Wildman–Crippen LogP) is 3.79. The molecule has 2 amide bonds. The monoisotopic (exact) mass is 369 g/mol. The van der Waals surface area contributed by atoms with Crippen LogP contribution in [-0.2, 0) is 16.0 Å². The summed E-state index contributed by atoms with van der Waals surface area (Å²) >= 11 is 5.20. The first kappa shape index (κ1) is 19.6. The summed E-state index contributed by atoms with van der Waals surface area (Å²) in [7, 11) is 0. The largest absolute Gasteiger partial charge is 0.332 e. The summed E-state index contributed by atoms with van der Waals surface area (Å²) in [5.74, 6) is -0.194. The van der Waals surface area contributed by atoms with Crippen molar-refractivity contribution in [3.63, 3.8) is 0 Å². The van der Waals surface area contributed by atoms with Crippen LogP contribution in [-0.4, -0.2) is 16.9 Å². The first-order chi connectivity index (χ1) is 12.5. The van der Waals surface area contributed by atoms with E-state index in [1.54, 1.807) is 13.0 Å². The third-order valence-corrected chi connectivity index (χ3v) is 4.03. The Morgan fingerprint density at radius 1 is 1.00 bits per heavy atom. The molecule has 0 aromatic heterocycles. The van der Waals surface area contributed by atoms with Gasteiger partial charge in [0.15, 0.2) is 5.11 Å². The van der Waals surface area contributed by atoms with Gasteiger partial charge >= 0.3 is 0 Å². The van der Waals surface area contributed by atoms with Crippen LogP contribution in [0.4, 0.5) is 11.4 Å². The Morgan fingerprint density at radius 2 is 1.73 bits per heavy atom. The van der Waals surface area contributed by atoms with Gasteiger partial charge in [-0.05, 0) is 48.8 Å². The minimum absolute atomic E-state index is 0.0537. The van der Waals surface area contributed by atoms with Crippen molar-refractivity contribution in [1.29, 1.82) is 0 Å². The van der Waals surface area contributed by atoms with Gasteiger partial charge in [0.25, 0.3) is 0 Å². The lowest BCUT2D eigenvalue weighted by Crippen LogP contribution is -2.34. The fraction of sp³-hybridized carbons (Fsp3) is 0.250. The minimum Gasteiger partial charge on any atom is -0.332 e. The molecule has 0 aliphatic rings. The number of thiocarbonyl (C=S) groups is 1. The molecule has 136 valence electrons. The van der Waals surface area contributed by atoms with Crippen molar-refractivity contribution in [1.82, 2.24) is 5.32 Å². The number of hydrogen-bond donors (Lipinski definition) is 3. The fourth-order valence-corrected chi connectivity index (χ4v) is 2.56. The Balaban J connectivity index is 1.87. The summed E-state index contributed by atoms with van der Waals surface area (Å²) in [6, 6.07) is 15.3. The molecule has 5 nitrogen and oxygen atoms in total. The number of nitrogens with one attached hydrogen (secondary N) is 3. The highest BCUT2D eigenvalue weighted by molar-refractivity contribution is 7.80. The summed E-state index contributed by atoms with van der Waals surface area (Å²) in [5.41, 5.74) is 3.49. The summed E-state index contributed by atoms with van der Waals surface area (Å²) in [6.45, 7) is 3.71. The second-order valence-corrected chi connectivity index (χ2v) is 6.33. The van der Waals surface area contributed by atoms with E-state index in [1.165, 1.54) is 0 Å². The van der Waals surface area contributed by atoms with E-state index in [0.717, 1.165) is 16.8 Å². The van der Waals surface area contributed by atoms with Crippen LogP contribution in [0.3, 0.4) is 0 Å². The van der Waals surface area contributed by atoms with Crippen LogP contribution >= 0.6 is 12.2 Å². The van der Waals surface area contributed by atoms with Crippen LogP contribution in [0.25, 0.3) is 0 Å². The lowest BCUT2D eigenvalue weighted by Gasteiger charge is -2.13. The molecule has 6 heteroatoms. The zero-order valence-electron chi connectivity index (χ0n) is 15.0. The number of hydrogen-bond acceptors (Lipinski definition) is 3. The van der Waals surface area contributed by atoms with Crippen molar-refractivity contribution in [2.75, 3.05) is 10.6 Å². The lowest BCUT2D eigenvalue weighted by molar-refractivity contribution is -0.119. The normalized spacial score (nSPS) is 10.1. The Morgan fingerprint density at radius 3 is 2.42 bits per heavy atom. The molecular weight excluding hydrogens is 346 g/mol. The van der Waals surface area contributed by atoms with Crippen LogP contribution in [0.2, 0.25) is 0 Å². The summed E-state index contributed by atoms with van der Waals surface area (Å²) in [6.07, 6.45) is 1.43. The fourth-order valence-electron chi connectivity index (χ4n) is 2.33. The molecular formula is C20H23N3O2S. The van der Waals surface area contributed by atoms with E-state index in [-0.39, 0.29) is 16.9 Å². The van der Waals surface area contributed by atoms with Crippen LogP contribution in [0, 0.1) is 6.92 Å². The molecule has 0 saturated heterocycles. The number of benzene rings is 2. The first-order valence-corrected chi connectivity index (χ1v) is 8.94. The Labute approximate surface area is 159 Å². The molecule has 3 N–H and O–H groups in total. The van der Waals surface area contributed by atoms with Crippen LogP contribution in [0.15, 0.2) is 48.5 Å². The minimum atomic E-state index is -0.141. The van der Waals surface area contributed by atoms with Crippen molar-refractivity contribution in [2.24, 2.45) is 0 Å². The highest BCUT2D eigenvalue weighted by Crippen LogP contribution is 2.20. The number of rotatable bonds is 6. The SMILES string of the molecule is CCC(=O)Nc1cc(NC(=S)NC(=O)CCc2ccccc2)ccc1C. The van der Waals surface area contributed by atoms with E-state index < -0.39 is 0 Å². The third kappa shape index (κ3) is 6.29. The molecule has 0 unspecified atom stereocenters. The molecule has 0 saturated carbocycles. The maximum atomic E-state index is 12.0. The molecule has 0 spiro atoms. The van der Waals surface area contributed by atoms with Crippen molar-refractivity contribution in [2.45, 2.75) is 33.1 Å². The standard InChI is InChI=1S/C20H23N3O2S/c1-3-18(24)22-17-13-16(11-9-14(17)2)21-20(26)23-19(25)12-10-15-7-5-4-6-8-15/h4-9,11,13H,3,10,12H2,1-2H3,(H,22,24)(H2,21,23,25,26). The van der Waals surface area contributed by atoms with Crippen molar-refractivity contribution < 1.29 is 9.59 Å². The van der Waals surface area contributed by atoms with E-state index in [2.05, 4.69) is 16.0 Å². The zero-order chi connectivity index (χ0) is 18.9. The highest BCUT2D eigenvalue weighted by atomic mass is 32.1. The van der Waals surface area contributed by atoms with E-state index in [9.17, 15) is 9.59 Å². The predicted molar refractivity (Wildman–Crippen MR) is 109 cm³/mol. The van der Waals surface area contributed by atoms with Crippen LogP contribution in [0.1, 0.15) is 30.9 Å². The van der Waals surface area contributed by atoms with Crippen molar-refractivity contribution >= 4 is 40.5 Å². The molecule has 0 radical (unpaired) electrons. The molecule has 0 aliphatic heterocycles. The summed E-state index contributed by atoms with van der Waals surface area (Å²) in [4.78, 5) is 23.6. The number of carbonyl (C=O) groups excluding carboxylic acids is 2. The van der Waals surface area contributed by atoms with Crippen molar-refractivity contribution in [3.05, 3.63) is 59.7 Å². The number of aryl methyl sites for hydroxylation is 2. The topological polar surface area (TPSA) is 70.2 Å². The van der Waals surface area contributed by atoms with Gasteiger partial charge in [-0.1, -0.05) is 43.3 Å². The first-order valence-electron chi connectivity index (χ1n) is 8.53. The Bertz CT molecular complexity index is 791. The number of carbonyl (C=O) groups is 2. The summed E-state index contributed by atoms with van der Waals surface area (Å²) < 4.78 is 0. The van der Waals surface area contributed by atoms with E-state index in [1.807, 2.05) is 49.4 Å². The molecule has 0 heterocycles. The van der Waals surface area contributed by atoms with Gasteiger partial charge in [-0.25, -0.2) is 0 Å². The molecule has 0 atom stereocenters. The van der Waals surface area contributed by atoms with Gasteiger partial charge in [0.05, 0.1) is 0 Å². The summed E-state index contributed by atoms with van der Waals surface area (Å²) in [5, 5.41) is 8.74. The molecule has 2 aromatic rings. The second-order valence-electron chi connectivity index (χ2n) is 5.92. The maximum Gasteiger partial charge on any atom is 0.226 e. The molecule has 26 heavy (non-hydrogen) atoms. The maximum absolute atomic E-state index is 12.0. The smallest absolute Gasteiger partial charge is 0.226 e. The number of anilines is 2. The van der Waals surface area contributed by atoms with Gasteiger partial charge < -0.3 is 16.0 Å². The van der Waals surface area contributed by atoms with Crippen LogP contribution in [0.5, 0.6) is 0 Å². The van der Waals surface area contributed by atoms with E-state index in [4.69, 9.17) is 12.2 Å². The Hall–Kier alpha value is -2.73. The molecule has 0 aliphatic carbocycles. The highest BCUT2D eigenvalue weighted by Gasteiger charge is 2.08. The second kappa shape index (κ2) is 9.68. The number of amides is 2. The molecule has 2 aromatic carbocycles. The third-order valence-electron chi connectivity index (χ3n) is 3.83.